The predicted molar refractivity (Wildman–Crippen MR) is 78.4 cm³/mol. The van der Waals surface area contributed by atoms with Crippen LogP contribution < -0.4 is 10.5 Å². The smallest absolute Gasteiger partial charge is 0.271 e. The van der Waals surface area contributed by atoms with Crippen LogP contribution in [0.1, 0.15) is 4.88 Å². The summed E-state index contributed by atoms with van der Waals surface area (Å²) in [4.78, 5) is 0.344. The Kier molecular flexibility index (Phi) is 3.80. The molecule has 0 aliphatic heterocycles. The van der Waals surface area contributed by atoms with Crippen molar-refractivity contribution in [2.45, 2.75) is 4.21 Å². The maximum absolute atomic E-state index is 12.1. The average Bonchev–Trinajstić information content (AvgIpc) is 2.82. The highest BCUT2D eigenvalue weighted by atomic mass is 79.9. The summed E-state index contributed by atoms with van der Waals surface area (Å²) < 4.78 is 27.3. The fourth-order valence-electron chi connectivity index (χ4n) is 1.33. The Morgan fingerprint density at radius 2 is 2.05 bits per heavy atom. The zero-order valence-electron chi connectivity index (χ0n) is 9.42. The minimum atomic E-state index is -3.69. The Morgan fingerprint density at radius 3 is 2.63 bits per heavy atom. The predicted octanol–water partition coefficient (Wildman–Crippen LogP) is 2.77. The number of nitrogen functional groups attached to an aromatic ring is 1. The van der Waals surface area contributed by atoms with Crippen LogP contribution in [0.4, 0.5) is 11.4 Å². The van der Waals surface area contributed by atoms with Gasteiger partial charge in [0.1, 0.15) is 15.2 Å². The Balaban J connectivity index is 2.34. The van der Waals surface area contributed by atoms with Crippen molar-refractivity contribution < 1.29 is 8.42 Å². The van der Waals surface area contributed by atoms with Crippen LogP contribution in [0, 0.1) is 11.3 Å². The summed E-state index contributed by atoms with van der Waals surface area (Å²) in [6.07, 6.45) is 0. The molecule has 1 heterocycles. The highest BCUT2D eigenvalue weighted by Gasteiger charge is 2.18. The molecule has 0 radical (unpaired) electrons. The van der Waals surface area contributed by atoms with Gasteiger partial charge in [-0.3, -0.25) is 4.72 Å². The summed E-state index contributed by atoms with van der Waals surface area (Å²) >= 11 is 4.15. The molecule has 0 amide bonds. The molecule has 2 rings (SSSR count). The number of nitrogens with one attached hydrogen (secondary N) is 1. The number of sulfonamides is 1. The van der Waals surface area contributed by atoms with Gasteiger partial charge in [-0.25, -0.2) is 8.42 Å². The number of thiophene rings is 1. The van der Waals surface area contributed by atoms with Crippen molar-refractivity contribution in [3.8, 4) is 6.07 Å². The minimum absolute atomic E-state index is 0.0905. The lowest BCUT2D eigenvalue weighted by molar-refractivity contribution is 0.603. The minimum Gasteiger partial charge on any atom is -0.399 e. The molecule has 0 atom stereocenters. The number of halogens is 1. The lowest BCUT2D eigenvalue weighted by Crippen LogP contribution is -2.11. The van der Waals surface area contributed by atoms with E-state index in [9.17, 15) is 8.42 Å². The molecule has 0 saturated heterocycles. The molecule has 98 valence electrons. The van der Waals surface area contributed by atoms with Crippen LogP contribution in [0.25, 0.3) is 0 Å². The number of nitriles is 1. The van der Waals surface area contributed by atoms with Gasteiger partial charge < -0.3 is 5.73 Å². The van der Waals surface area contributed by atoms with E-state index in [1.165, 1.54) is 12.1 Å². The van der Waals surface area contributed by atoms with E-state index in [-0.39, 0.29) is 4.21 Å². The summed E-state index contributed by atoms with van der Waals surface area (Å²) in [7, 11) is -3.69. The molecule has 0 aliphatic rings. The van der Waals surface area contributed by atoms with Crippen molar-refractivity contribution in [2.75, 3.05) is 10.5 Å². The van der Waals surface area contributed by atoms with Crippen molar-refractivity contribution in [3.05, 3.63) is 39.7 Å². The second-order valence-corrected chi connectivity index (χ2v) is 7.42. The van der Waals surface area contributed by atoms with Crippen LogP contribution >= 0.6 is 27.3 Å². The van der Waals surface area contributed by atoms with Crippen LogP contribution in [0.3, 0.4) is 0 Å². The summed E-state index contributed by atoms with van der Waals surface area (Å²) in [5.74, 6) is 0. The molecular formula is C11H8BrN3O2S2. The third-order valence-electron chi connectivity index (χ3n) is 2.19. The third kappa shape index (κ3) is 3.07. The van der Waals surface area contributed by atoms with E-state index in [4.69, 9.17) is 11.0 Å². The molecule has 1 aromatic carbocycles. The summed E-state index contributed by atoms with van der Waals surface area (Å²) in [5, 5.41) is 8.70. The van der Waals surface area contributed by atoms with Crippen LogP contribution in [-0.2, 0) is 10.0 Å². The fourth-order valence-corrected chi connectivity index (χ4v) is 4.14. The van der Waals surface area contributed by atoms with E-state index >= 15 is 0 Å². The summed E-state index contributed by atoms with van der Waals surface area (Å²) in [6, 6.07) is 9.54. The number of hydrogen-bond acceptors (Lipinski definition) is 5. The highest BCUT2D eigenvalue weighted by molar-refractivity contribution is 9.10. The van der Waals surface area contributed by atoms with E-state index in [2.05, 4.69) is 20.7 Å². The molecule has 1 aromatic heterocycles. The van der Waals surface area contributed by atoms with Gasteiger partial charge in [0.15, 0.2) is 0 Å². The van der Waals surface area contributed by atoms with Crippen molar-refractivity contribution in [1.29, 1.82) is 5.26 Å². The first-order chi connectivity index (χ1) is 8.92. The normalized spacial score (nSPS) is 10.9. The highest BCUT2D eigenvalue weighted by Crippen LogP contribution is 2.29. The maximum atomic E-state index is 12.1. The molecule has 0 fully saturated rings. The van der Waals surface area contributed by atoms with Crippen LogP contribution in [0.2, 0.25) is 0 Å². The fraction of sp³-hybridized carbons (Fsp3) is 0. The first-order valence-electron chi connectivity index (χ1n) is 5.00. The number of nitrogens with two attached hydrogens (primary N) is 1. The molecule has 2 aromatic rings. The van der Waals surface area contributed by atoms with Crippen molar-refractivity contribution >= 4 is 48.7 Å². The number of benzene rings is 1. The first-order valence-corrected chi connectivity index (χ1v) is 8.09. The van der Waals surface area contributed by atoms with Crippen molar-refractivity contribution in [2.24, 2.45) is 0 Å². The Hall–Kier alpha value is -1.56. The van der Waals surface area contributed by atoms with E-state index in [0.717, 1.165) is 11.3 Å². The quantitative estimate of drug-likeness (QED) is 0.825. The van der Waals surface area contributed by atoms with E-state index in [0.29, 0.717) is 20.7 Å². The summed E-state index contributed by atoms with van der Waals surface area (Å²) in [5.41, 5.74) is 6.50. The van der Waals surface area contributed by atoms with Crippen LogP contribution in [0.5, 0.6) is 0 Å². The zero-order chi connectivity index (χ0) is 14.0. The van der Waals surface area contributed by atoms with E-state index < -0.39 is 10.0 Å². The monoisotopic (exact) mass is 357 g/mol. The molecule has 0 bridgehead atoms. The van der Waals surface area contributed by atoms with Gasteiger partial charge >= 0.3 is 0 Å². The first kappa shape index (κ1) is 13.9. The summed E-state index contributed by atoms with van der Waals surface area (Å²) in [6.45, 7) is 0. The van der Waals surface area contributed by atoms with Gasteiger partial charge in [-0.15, -0.1) is 11.3 Å². The molecule has 5 nitrogen and oxygen atoms in total. The second-order valence-electron chi connectivity index (χ2n) is 3.58. The van der Waals surface area contributed by atoms with Gasteiger partial charge in [0.05, 0.1) is 5.69 Å². The number of hydrogen-bond donors (Lipinski definition) is 2. The lowest BCUT2D eigenvalue weighted by atomic mass is 10.3. The Labute approximate surface area is 122 Å². The van der Waals surface area contributed by atoms with Gasteiger partial charge in [0.2, 0.25) is 0 Å². The number of rotatable bonds is 3. The molecule has 0 spiro atoms. The third-order valence-corrected chi connectivity index (χ3v) is 5.70. The molecule has 3 N–H and O–H groups in total. The molecule has 0 unspecified atom stereocenters. The van der Waals surface area contributed by atoms with Gasteiger partial charge in [0.25, 0.3) is 10.0 Å². The molecule has 8 heteroatoms. The van der Waals surface area contributed by atoms with Crippen LogP contribution in [0.15, 0.2) is 39.0 Å². The number of nitrogens with zero attached hydrogens (tertiary/aromatic N) is 1. The Bertz CT molecular complexity index is 762. The van der Waals surface area contributed by atoms with Gasteiger partial charge in [-0.05, 0) is 46.3 Å². The molecule has 0 saturated carbocycles. The average molecular weight is 358 g/mol. The van der Waals surface area contributed by atoms with Crippen LogP contribution in [-0.4, -0.2) is 8.42 Å². The lowest BCUT2D eigenvalue weighted by Gasteiger charge is -2.08. The van der Waals surface area contributed by atoms with Gasteiger partial charge in [-0.1, -0.05) is 0 Å². The second kappa shape index (κ2) is 5.21. The topological polar surface area (TPSA) is 96.0 Å². The maximum Gasteiger partial charge on any atom is 0.271 e. The standard InChI is InChI=1S/C11H8BrN3O2S2/c12-9-5-7(14)1-3-10(9)15-19(16,17)11-4-2-8(6-13)18-11/h1-5,15H,14H2. The molecule has 19 heavy (non-hydrogen) atoms. The Morgan fingerprint density at radius 1 is 1.32 bits per heavy atom. The van der Waals surface area contributed by atoms with Crippen molar-refractivity contribution in [3.63, 3.8) is 0 Å². The molecule has 0 aliphatic carbocycles. The van der Waals surface area contributed by atoms with E-state index in [1.807, 2.05) is 6.07 Å². The largest absolute Gasteiger partial charge is 0.399 e. The molecular weight excluding hydrogens is 350 g/mol. The van der Waals surface area contributed by atoms with Gasteiger partial charge in [-0.2, -0.15) is 5.26 Å². The van der Waals surface area contributed by atoms with E-state index in [1.54, 1.807) is 18.2 Å². The van der Waals surface area contributed by atoms with Crippen molar-refractivity contribution in [1.82, 2.24) is 0 Å². The van der Waals surface area contributed by atoms with Gasteiger partial charge in [0, 0.05) is 10.2 Å². The zero-order valence-corrected chi connectivity index (χ0v) is 12.6. The number of anilines is 2. The SMILES string of the molecule is N#Cc1ccc(S(=O)(=O)Nc2ccc(N)cc2Br)s1.